The first kappa shape index (κ1) is 21.4. The number of aryl methyl sites for hydroxylation is 1. The van der Waals surface area contributed by atoms with Gasteiger partial charge in [0.15, 0.2) is 0 Å². The van der Waals surface area contributed by atoms with Crippen LogP contribution in [0.2, 0.25) is 0 Å². The molecule has 0 heterocycles. The van der Waals surface area contributed by atoms with Crippen molar-refractivity contribution in [2.75, 3.05) is 19.0 Å². The molecule has 3 rings (SSSR count). The standard InChI is InChI=1S/C26H29NO3/c1-4-19-8-6-10-21(14-19)22-11-7-9-20(15-22)18-30-25-17-24(27-5-2)13-12-23(25)16-26(28)29-3/h6-15,17,27H,4-5,16,18H2,1-3H3. The van der Waals surface area contributed by atoms with Crippen LogP contribution in [0.4, 0.5) is 5.69 Å². The highest BCUT2D eigenvalue weighted by atomic mass is 16.5. The molecule has 0 unspecified atom stereocenters. The summed E-state index contributed by atoms with van der Waals surface area (Å²) in [5.41, 5.74) is 6.55. The molecule has 0 aromatic heterocycles. The number of ether oxygens (including phenoxy) is 2. The Kier molecular flexibility index (Phi) is 7.50. The number of hydrogen-bond acceptors (Lipinski definition) is 4. The van der Waals surface area contributed by atoms with Crippen molar-refractivity contribution < 1.29 is 14.3 Å². The van der Waals surface area contributed by atoms with Gasteiger partial charge in [-0.3, -0.25) is 4.79 Å². The van der Waals surface area contributed by atoms with Crippen LogP contribution in [0.3, 0.4) is 0 Å². The molecule has 0 aliphatic carbocycles. The lowest BCUT2D eigenvalue weighted by Crippen LogP contribution is -2.08. The summed E-state index contributed by atoms with van der Waals surface area (Å²) >= 11 is 0. The second-order valence-electron chi connectivity index (χ2n) is 7.15. The fourth-order valence-electron chi connectivity index (χ4n) is 3.35. The van der Waals surface area contributed by atoms with E-state index >= 15 is 0 Å². The number of hydrogen-bond donors (Lipinski definition) is 1. The Labute approximate surface area is 178 Å². The quantitative estimate of drug-likeness (QED) is 0.470. The number of esters is 1. The van der Waals surface area contributed by atoms with E-state index in [-0.39, 0.29) is 12.4 Å². The van der Waals surface area contributed by atoms with Gasteiger partial charge in [0.25, 0.3) is 0 Å². The zero-order chi connectivity index (χ0) is 21.3. The summed E-state index contributed by atoms with van der Waals surface area (Å²) in [5.74, 6) is 0.408. The van der Waals surface area contributed by atoms with E-state index in [0.717, 1.165) is 29.8 Å². The van der Waals surface area contributed by atoms with Gasteiger partial charge in [0.05, 0.1) is 13.5 Å². The van der Waals surface area contributed by atoms with E-state index in [4.69, 9.17) is 9.47 Å². The molecule has 0 spiro atoms. The number of anilines is 1. The van der Waals surface area contributed by atoms with E-state index in [1.54, 1.807) is 0 Å². The van der Waals surface area contributed by atoms with Crippen molar-refractivity contribution in [2.24, 2.45) is 0 Å². The summed E-state index contributed by atoms with van der Waals surface area (Å²) in [5, 5.41) is 3.29. The fraction of sp³-hybridized carbons (Fsp3) is 0.269. The fourth-order valence-corrected chi connectivity index (χ4v) is 3.35. The third-order valence-corrected chi connectivity index (χ3v) is 5.00. The van der Waals surface area contributed by atoms with Gasteiger partial charge in [-0.15, -0.1) is 0 Å². The first-order valence-electron chi connectivity index (χ1n) is 10.4. The maximum atomic E-state index is 11.8. The van der Waals surface area contributed by atoms with Crippen LogP contribution in [-0.2, 0) is 29.0 Å². The lowest BCUT2D eigenvalue weighted by molar-refractivity contribution is -0.139. The van der Waals surface area contributed by atoms with Crippen molar-refractivity contribution in [2.45, 2.75) is 33.3 Å². The number of methoxy groups -OCH3 is 1. The molecule has 0 amide bonds. The molecule has 4 heteroatoms. The second kappa shape index (κ2) is 10.5. The van der Waals surface area contributed by atoms with Crippen LogP contribution in [-0.4, -0.2) is 19.6 Å². The third kappa shape index (κ3) is 5.63. The van der Waals surface area contributed by atoms with E-state index in [2.05, 4.69) is 60.8 Å². The Morgan fingerprint density at radius 1 is 0.900 bits per heavy atom. The summed E-state index contributed by atoms with van der Waals surface area (Å²) < 4.78 is 11.0. The van der Waals surface area contributed by atoms with Gasteiger partial charge in [-0.1, -0.05) is 55.5 Å². The summed E-state index contributed by atoms with van der Waals surface area (Å²) in [6, 6.07) is 22.8. The van der Waals surface area contributed by atoms with E-state index in [1.807, 2.05) is 25.1 Å². The summed E-state index contributed by atoms with van der Waals surface area (Å²) in [7, 11) is 1.40. The van der Waals surface area contributed by atoms with Crippen molar-refractivity contribution in [3.05, 3.63) is 83.4 Å². The Bertz CT molecular complexity index is 997. The molecule has 0 aliphatic rings. The van der Waals surface area contributed by atoms with Crippen molar-refractivity contribution in [1.82, 2.24) is 0 Å². The number of nitrogens with one attached hydrogen (secondary N) is 1. The van der Waals surface area contributed by atoms with Gasteiger partial charge in [0, 0.05) is 23.9 Å². The largest absolute Gasteiger partial charge is 0.489 e. The number of carbonyl (C=O) groups excluding carboxylic acids is 1. The second-order valence-corrected chi connectivity index (χ2v) is 7.15. The minimum atomic E-state index is -0.283. The Hall–Kier alpha value is -3.27. The summed E-state index contributed by atoms with van der Waals surface area (Å²) in [6.45, 7) is 5.44. The van der Waals surface area contributed by atoms with Gasteiger partial charge in [0.2, 0.25) is 0 Å². The van der Waals surface area contributed by atoms with Gasteiger partial charge < -0.3 is 14.8 Å². The number of benzene rings is 3. The van der Waals surface area contributed by atoms with Gasteiger partial charge in [-0.05, 0) is 47.7 Å². The van der Waals surface area contributed by atoms with Gasteiger partial charge in [0.1, 0.15) is 12.4 Å². The van der Waals surface area contributed by atoms with Gasteiger partial charge in [-0.25, -0.2) is 0 Å². The Morgan fingerprint density at radius 2 is 1.60 bits per heavy atom. The lowest BCUT2D eigenvalue weighted by Gasteiger charge is -2.14. The molecule has 3 aromatic rings. The molecule has 0 saturated heterocycles. The molecule has 0 radical (unpaired) electrons. The summed E-state index contributed by atoms with van der Waals surface area (Å²) in [6.07, 6.45) is 1.20. The molecule has 0 bridgehead atoms. The first-order chi connectivity index (χ1) is 14.6. The SMILES string of the molecule is CCNc1ccc(CC(=O)OC)c(OCc2cccc(-c3cccc(CC)c3)c2)c1. The maximum Gasteiger partial charge on any atom is 0.310 e. The van der Waals surface area contributed by atoms with E-state index in [9.17, 15) is 4.79 Å². The predicted molar refractivity (Wildman–Crippen MR) is 122 cm³/mol. The Morgan fingerprint density at radius 3 is 2.27 bits per heavy atom. The zero-order valence-corrected chi connectivity index (χ0v) is 17.9. The van der Waals surface area contributed by atoms with Gasteiger partial charge >= 0.3 is 5.97 Å². The minimum Gasteiger partial charge on any atom is -0.489 e. The van der Waals surface area contributed by atoms with Crippen LogP contribution in [0.15, 0.2) is 66.7 Å². The maximum absolute atomic E-state index is 11.8. The molecular weight excluding hydrogens is 374 g/mol. The molecule has 0 aliphatic heterocycles. The van der Waals surface area contributed by atoms with Crippen molar-refractivity contribution in [1.29, 1.82) is 0 Å². The average Bonchev–Trinajstić information content (AvgIpc) is 2.79. The average molecular weight is 404 g/mol. The highest BCUT2D eigenvalue weighted by molar-refractivity contribution is 5.74. The first-order valence-corrected chi connectivity index (χ1v) is 10.4. The molecule has 1 N–H and O–H groups in total. The van der Waals surface area contributed by atoms with Crippen LogP contribution in [0.5, 0.6) is 5.75 Å². The molecule has 0 saturated carbocycles. The van der Waals surface area contributed by atoms with E-state index < -0.39 is 0 Å². The van der Waals surface area contributed by atoms with Gasteiger partial charge in [-0.2, -0.15) is 0 Å². The number of rotatable bonds is 9. The van der Waals surface area contributed by atoms with E-state index in [1.165, 1.54) is 23.8 Å². The molecule has 30 heavy (non-hydrogen) atoms. The monoisotopic (exact) mass is 403 g/mol. The predicted octanol–water partition coefficient (Wildman–Crippen LogP) is 5.64. The van der Waals surface area contributed by atoms with Crippen LogP contribution < -0.4 is 10.1 Å². The van der Waals surface area contributed by atoms with Crippen molar-refractivity contribution >= 4 is 11.7 Å². The molecule has 3 aromatic carbocycles. The van der Waals surface area contributed by atoms with Crippen LogP contribution >= 0.6 is 0 Å². The lowest BCUT2D eigenvalue weighted by atomic mass is 10.0. The van der Waals surface area contributed by atoms with E-state index in [0.29, 0.717) is 12.4 Å². The normalized spacial score (nSPS) is 10.5. The van der Waals surface area contributed by atoms with Crippen LogP contribution in [0.1, 0.15) is 30.5 Å². The zero-order valence-electron chi connectivity index (χ0n) is 17.9. The van der Waals surface area contributed by atoms with Crippen LogP contribution in [0, 0.1) is 0 Å². The Balaban J connectivity index is 1.80. The third-order valence-electron chi connectivity index (χ3n) is 5.00. The van der Waals surface area contributed by atoms with Crippen molar-refractivity contribution in [3.8, 4) is 16.9 Å². The van der Waals surface area contributed by atoms with Crippen molar-refractivity contribution in [3.63, 3.8) is 0 Å². The molecule has 4 nitrogen and oxygen atoms in total. The highest BCUT2D eigenvalue weighted by Crippen LogP contribution is 2.27. The molecule has 156 valence electrons. The molecular formula is C26H29NO3. The summed E-state index contributed by atoms with van der Waals surface area (Å²) in [4.78, 5) is 11.8. The smallest absolute Gasteiger partial charge is 0.310 e. The molecule has 0 fully saturated rings. The minimum absolute atomic E-state index is 0.183. The molecule has 0 atom stereocenters. The highest BCUT2D eigenvalue weighted by Gasteiger charge is 2.11. The topological polar surface area (TPSA) is 47.6 Å². The number of carbonyl (C=O) groups is 1. The van der Waals surface area contributed by atoms with Crippen LogP contribution in [0.25, 0.3) is 11.1 Å².